The lowest BCUT2D eigenvalue weighted by Crippen LogP contribution is -2.39. The highest BCUT2D eigenvalue weighted by Crippen LogP contribution is 2.29. The summed E-state index contributed by atoms with van der Waals surface area (Å²) in [5, 5.41) is 3.84. The Balaban J connectivity index is 2.69. The topological polar surface area (TPSA) is 12.0 Å². The van der Waals surface area contributed by atoms with E-state index >= 15 is 0 Å². The molecule has 1 unspecified atom stereocenters. The van der Waals surface area contributed by atoms with Gasteiger partial charge in [-0.25, -0.2) is 0 Å². The molecular formula is C17H33N. The molecule has 0 bridgehead atoms. The second-order valence-corrected chi connectivity index (χ2v) is 5.79. The standard InChI is InChI=1S/C17H33N/c1-4-10-15(11-5-2)17(18-14-6-3)16-12-8-7-9-13-16/h12,15,17-18H,4-11,13-14H2,1-3H3. The third-order valence-corrected chi connectivity index (χ3v) is 4.13. The van der Waals surface area contributed by atoms with Crippen LogP contribution in [0.3, 0.4) is 0 Å². The third kappa shape index (κ3) is 5.14. The molecule has 1 N–H and O–H groups in total. The summed E-state index contributed by atoms with van der Waals surface area (Å²) in [4.78, 5) is 0. The van der Waals surface area contributed by atoms with Crippen molar-refractivity contribution in [2.24, 2.45) is 5.92 Å². The van der Waals surface area contributed by atoms with E-state index in [0.29, 0.717) is 6.04 Å². The normalized spacial score (nSPS) is 17.9. The molecule has 1 nitrogen and oxygen atoms in total. The minimum absolute atomic E-state index is 0.671. The summed E-state index contributed by atoms with van der Waals surface area (Å²) in [6.07, 6.45) is 14.6. The molecule has 1 rings (SSSR count). The van der Waals surface area contributed by atoms with Crippen molar-refractivity contribution in [1.29, 1.82) is 0 Å². The molecule has 0 fully saturated rings. The average Bonchev–Trinajstić information content (AvgIpc) is 2.41. The van der Waals surface area contributed by atoms with E-state index in [4.69, 9.17) is 0 Å². The van der Waals surface area contributed by atoms with Crippen LogP contribution in [-0.2, 0) is 0 Å². The molecule has 18 heavy (non-hydrogen) atoms. The van der Waals surface area contributed by atoms with Crippen molar-refractivity contribution in [1.82, 2.24) is 5.32 Å². The van der Waals surface area contributed by atoms with Crippen LogP contribution < -0.4 is 5.32 Å². The van der Waals surface area contributed by atoms with Crippen LogP contribution in [0, 0.1) is 5.92 Å². The van der Waals surface area contributed by atoms with Gasteiger partial charge in [-0.1, -0.05) is 45.3 Å². The molecule has 1 atom stereocenters. The quantitative estimate of drug-likeness (QED) is 0.564. The van der Waals surface area contributed by atoms with Gasteiger partial charge in [-0.2, -0.15) is 0 Å². The molecule has 106 valence electrons. The van der Waals surface area contributed by atoms with Gasteiger partial charge in [-0.05, 0) is 57.4 Å². The van der Waals surface area contributed by atoms with Crippen molar-refractivity contribution < 1.29 is 0 Å². The monoisotopic (exact) mass is 251 g/mol. The van der Waals surface area contributed by atoms with Crippen molar-refractivity contribution in [3.63, 3.8) is 0 Å². The van der Waals surface area contributed by atoms with Crippen LogP contribution in [0.5, 0.6) is 0 Å². The Morgan fingerprint density at radius 1 is 1.06 bits per heavy atom. The van der Waals surface area contributed by atoms with Gasteiger partial charge in [-0.3, -0.25) is 0 Å². The molecule has 0 saturated heterocycles. The average molecular weight is 251 g/mol. The van der Waals surface area contributed by atoms with E-state index in [0.717, 1.165) is 5.92 Å². The molecule has 0 aromatic rings. The molecule has 0 spiro atoms. The number of allylic oxidation sites excluding steroid dienone is 1. The van der Waals surface area contributed by atoms with Gasteiger partial charge in [0, 0.05) is 6.04 Å². The summed E-state index contributed by atoms with van der Waals surface area (Å²) in [6.45, 7) is 8.10. The van der Waals surface area contributed by atoms with E-state index in [9.17, 15) is 0 Å². The van der Waals surface area contributed by atoms with E-state index in [1.54, 1.807) is 5.57 Å². The Bertz CT molecular complexity index is 226. The van der Waals surface area contributed by atoms with Gasteiger partial charge in [0.1, 0.15) is 0 Å². The van der Waals surface area contributed by atoms with Crippen LogP contribution >= 0.6 is 0 Å². The van der Waals surface area contributed by atoms with Crippen LogP contribution in [0.4, 0.5) is 0 Å². The zero-order valence-electron chi connectivity index (χ0n) is 12.8. The molecule has 0 heterocycles. The van der Waals surface area contributed by atoms with E-state index in [1.807, 2.05) is 0 Å². The van der Waals surface area contributed by atoms with Crippen molar-refractivity contribution in [3.05, 3.63) is 11.6 Å². The number of nitrogens with one attached hydrogen (secondary N) is 1. The Kier molecular flexibility index (Phi) is 8.41. The zero-order chi connectivity index (χ0) is 13.2. The minimum Gasteiger partial charge on any atom is -0.310 e. The maximum absolute atomic E-state index is 3.84. The fourth-order valence-corrected chi connectivity index (χ4v) is 3.27. The van der Waals surface area contributed by atoms with Crippen LogP contribution in [-0.4, -0.2) is 12.6 Å². The largest absolute Gasteiger partial charge is 0.310 e. The number of hydrogen-bond donors (Lipinski definition) is 1. The van der Waals surface area contributed by atoms with E-state index in [-0.39, 0.29) is 0 Å². The Labute approximate surface area is 114 Å². The lowest BCUT2D eigenvalue weighted by molar-refractivity contribution is 0.333. The molecule has 0 saturated carbocycles. The van der Waals surface area contributed by atoms with Crippen molar-refractivity contribution in [2.75, 3.05) is 6.54 Å². The second kappa shape index (κ2) is 9.61. The fourth-order valence-electron chi connectivity index (χ4n) is 3.27. The summed E-state index contributed by atoms with van der Waals surface area (Å²) < 4.78 is 0. The summed E-state index contributed by atoms with van der Waals surface area (Å²) in [5.41, 5.74) is 1.72. The molecule has 1 aliphatic rings. The number of hydrogen-bond acceptors (Lipinski definition) is 1. The summed E-state index contributed by atoms with van der Waals surface area (Å²) in [5.74, 6) is 0.857. The van der Waals surface area contributed by atoms with E-state index in [1.165, 1.54) is 64.3 Å². The van der Waals surface area contributed by atoms with Crippen LogP contribution in [0.25, 0.3) is 0 Å². The van der Waals surface area contributed by atoms with Gasteiger partial charge in [0.05, 0.1) is 0 Å². The van der Waals surface area contributed by atoms with Crippen LogP contribution in [0.2, 0.25) is 0 Å². The van der Waals surface area contributed by atoms with Crippen molar-refractivity contribution in [3.8, 4) is 0 Å². The predicted octanol–water partition coefficient (Wildman–Crippen LogP) is 5.07. The molecular weight excluding hydrogens is 218 g/mol. The third-order valence-electron chi connectivity index (χ3n) is 4.13. The van der Waals surface area contributed by atoms with Gasteiger partial charge in [0.2, 0.25) is 0 Å². The highest BCUT2D eigenvalue weighted by molar-refractivity contribution is 5.14. The zero-order valence-corrected chi connectivity index (χ0v) is 12.8. The molecule has 0 radical (unpaired) electrons. The fraction of sp³-hybridized carbons (Fsp3) is 0.882. The molecule has 1 heteroatoms. The molecule has 0 amide bonds. The Morgan fingerprint density at radius 2 is 1.78 bits per heavy atom. The molecule has 1 aliphatic carbocycles. The maximum Gasteiger partial charge on any atom is 0.0307 e. The number of rotatable bonds is 9. The Hall–Kier alpha value is -0.300. The summed E-state index contributed by atoms with van der Waals surface area (Å²) >= 11 is 0. The highest BCUT2D eigenvalue weighted by atomic mass is 14.9. The predicted molar refractivity (Wildman–Crippen MR) is 81.9 cm³/mol. The first-order chi connectivity index (χ1) is 8.83. The van der Waals surface area contributed by atoms with Gasteiger partial charge >= 0.3 is 0 Å². The van der Waals surface area contributed by atoms with E-state index < -0.39 is 0 Å². The first kappa shape index (κ1) is 15.8. The SMILES string of the molecule is CCCNC(C1=CCCCC1)C(CCC)CCC. The smallest absolute Gasteiger partial charge is 0.0307 e. The lowest BCUT2D eigenvalue weighted by atomic mass is 9.82. The minimum atomic E-state index is 0.671. The molecule has 0 aliphatic heterocycles. The van der Waals surface area contributed by atoms with Gasteiger partial charge in [-0.15, -0.1) is 0 Å². The maximum atomic E-state index is 3.84. The Morgan fingerprint density at radius 3 is 2.28 bits per heavy atom. The molecule has 0 aromatic carbocycles. The lowest BCUT2D eigenvalue weighted by Gasteiger charge is -2.32. The van der Waals surface area contributed by atoms with E-state index in [2.05, 4.69) is 32.2 Å². The first-order valence-electron chi connectivity index (χ1n) is 8.25. The summed E-state index contributed by atoms with van der Waals surface area (Å²) in [7, 11) is 0. The summed E-state index contributed by atoms with van der Waals surface area (Å²) in [6, 6.07) is 0.671. The van der Waals surface area contributed by atoms with Crippen LogP contribution in [0.1, 0.15) is 78.6 Å². The van der Waals surface area contributed by atoms with Crippen LogP contribution in [0.15, 0.2) is 11.6 Å². The van der Waals surface area contributed by atoms with Gasteiger partial charge in [0.15, 0.2) is 0 Å². The second-order valence-electron chi connectivity index (χ2n) is 5.79. The van der Waals surface area contributed by atoms with Gasteiger partial charge in [0.25, 0.3) is 0 Å². The first-order valence-corrected chi connectivity index (χ1v) is 8.25. The van der Waals surface area contributed by atoms with Crippen molar-refractivity contribution in [2.45, 2.75) is 84.6 Å². The van der Waals surface area contributed by atoms with Crippen molar-refractivity contribution >= 4 is 0 Å². The molecule has 0 aromatic heterocycles. The highest BCUT2D eigenvalue weighted by Gasteiger charge is 2.23. The van der Waals surface area contributed by atoms with Gasteiger partial charge < -0.3 is 5.32 Å².